The van der Waals surface area contributed by atoms with Crippen molar-refractivity contribution in [2.75, 3.05) is 37.9 Å². The molecular weight excluding hydrogens is 332 g/mol. The van der Waals surface area contributed by atoms with E-state index < -0.39 is 10.0 Å². The van der Waals surface area contributed by atoms with Crippen LogP contribution in [-0.2, 0) is 14.8 Å². The largest absolute Gasteiger partial charge is 0.497 e. The molecule has 1 rings (SSSR count). The Labute approximate surface area is 144 Å². The lowest BCUT2D eigenvalue weighted by molar-refractivity contribution is -0.120. The molecule has 0 fully saturated rings. The molecule has 0 radical (unpaired) electrons. The fourth-order valence-electron chi connectivity index (χ4n) is 2.15. The first kappa shape index (κ1) is 20.1. The number of amides is 1. The van der Waals surface area contributed by atoms with E-state index in [1.165, 1.54) is 18.5 Å². The molecule has 0 aliphatic rings. The summed E-state index contributed by atoms with van der Waals surface area (Å²) in [4.78, 5) is 11.9. The second-order valence-electron chi connectivity index (χ2n) is 5.33. The van der Waals surface area contributed by atoms with Gasteiger partial charge in [-0.1, -0.05) is 13.3 Å². The molecule has 1 aromatic rings. The summed E-state index contributed by atoms with van der Waals surface area (Å²) in [5.74, 6) is 0.747. The smallest absolute Gasteiger partial charge is 0.232 e. The summed E-state index contributed by atoms with van der Waals surface area (Å²) in [7, 11) is -0.587. The second-order valence-corrected chi connectivity index (χ2v) is 7.23. The zero-order chi connectivity index (χ0) is 18.2. The van der Waals surface area contributed by atoms with Gasteiger partial charge in [0, 0.05) is 25.6 Å². The van der Waals surface area contributed by atoms with Gasteiger partial charge in [-0.05, 0) is 18.6 Å². The van der Waals surface area contributed by atoms with E-state index in [0.717, 1.165) is 19.1 Å². The highest BCUT2D eigenvalue weighted by atomic mass is 32.2. The molecule has 0 bridgehead atoms. The fourth-order valence-corrected chi connectivity index (χ4v) is 3.08. The van der Waals surface area contributed by atoms with Gasteiger partial charge in [-0.2, -0.15) is 0 Å². The summed E-state index contributed by atoms with van der Waals surface area (Å²) < 4.78 is 35.8. The second kappa shape index (κ2) is 9.36. The summed E-state index contributed by atoms with van der Waals surface area (Å²) >= 11 is 0. The van der Waals surface area contributed by atoms with Crippen LogP contribution < -0.4 is 19.1 Å². The normalized spacial score (nSPS) is 11.0. The number of carbonyl (C=O) groups excluding carboxylic acids is 1. The van der Waals surface area contributed by atoms with Gasteiger partial charge in [-0.25, -0.2) is 8.42 Å². The van der Waals surface area contributed by atoms with Crippen LogP contribution in [0.5, 0.6) is 11.5 Å². The van der Waals surface area contributed by atoms with Gasteiger partial charge in [0.25, 0.3) is 0 Å². The number of sulfonamides is 1. The molecule has 1 N–H and O–H groups in total. The summed E-state index contributed by atoms with van der Waals surface area (Å²) in [5.41, 5.74) is 0.377. The van der Waals surface area contributed by atoms with Gasteiger partial charge in [0.2, 0.25) is 15.9 Å². The van der Waals surface area contributed by atoms with Gasteiger partial charge in [-0.15, -0.1) is 0 Å². The number of nitrogens with zero attached hydrogens (tertiary/aromatic N) is 1. The van der Waals surface area contributed by atoms with Crippen molar-refractivity contribution in [2.45, 2.75) is 26.2 Å². The molecule has 8 heteroatoms. The minimum Gasteiger partial charge on any atom is -0.497 e. The predicted molar refractivity (Wildman–Crippen MR) is 94.3 cm³/mol. The average molecular weight is 358 g/mol. The third kappa shape index (κ3) is 5.92. The summed E-state index contributed by atoms with van der Waals surface area (Å²) in [6.45, 7) is 2.67. The number of rotatable bonds is 10. The first-order chi connectivity index (χ1) is 11.3. The summed E-state index contributed by atoms with van der Waals surface area (Å²) in [6.07, 6.45) is 3.06. The molecule has 0 saturated heterocycles. The highest BCUT2D eigenvalue weighted by molar-refractivity contribution is 7.92. The van der Waals surface area contributed by atoms with Crippen LogP contribution >= 0.6 is 0 Å². The monoisotopic (exact) mass is 358 g/mol. The molecule has 0 saturated carbocycles. The molecule has 7 nitrogen and oxygen atoms in total. The molecule has 0 aromatic heterocycles. The third-order valence-electron chi connectivity index (χ3n) is 3.45. The van der Waals surface area contributed by atoms with Crippen LogP contribution in [0, 0.1) is 0 Å². The Morgan fingerprint density at radius 3 is 2.50 bits per heavy atom. The van der Waals surface area contributed by atoms with Gasteiger partial charge in [-0.3, -0.25) is 9.10 Å². The Hall–Kier alpha value is -1.96. The molecular formula is C16H26N2O5S. The molecule has 0 atom stereocenters. The molecule has 0 unspecified atom stereocenters. The lowest BCUT2D eigenvalue weighted by Crippen LogP contribution is -2.35. The van der Waals surface area contributed by atoms with E-state index in [-0.39, 0.29) is 18.9 Å². The Morgan fingerprint density at radius 2 is 1.96 bits per heavy atom. The first-order valence-corrected chi connectivity index (χ1v) is 9.64. The SMILES string of the molecule is CCCCNC(=O)CCN(c1ccc(OC)cc1OC)S(C)(=O)=O. The quantitative estimate of drug-likeness (QED) is 0.645. The molecule has 1 aromatic carbocycles. The Morgan fingerprint density at radius 1 is 1.25 bits per heavy atom. The van der Waals surface area contributed by atoms with Crippen molar-refractivity contribution >= 4 is 21.6 Å². The van der Waals surface area contributed by atoms with Gasteiger partial charge in [0.1, 0.15) is 11.5 Å². The fraction of sp³-hybridized carbons (Fsp3) is 0.562. The van der Waals surface area contributed by atoms with E-state index in [1.54, 1.807) is 18.2 Å². The van der Waals surface area contributed by atoms with Crippen molar-refractivity contribution in [1.29, 1.82) is 0 Å². The number of carbonyl (C=O) groups is 1. The van der Waals surface area contributed by atoms with Crippen LogP contribution in [0.2, 0.25) is 0 Å². The zero-order valence-electron chi connectivity index (χ0n) is 14.7. The molecule has 24 heavy (non-hydrogen) atoms. The van der Waals surface area contributed by atoms with E-state index >= 15 is 0 Å². The number of ether oxygens (including phenoxy) is 2. The minimum atomic E-state index is -3.56. The van der Waals surface area contributed by atoms with Crippen molar-refractivity contribution < 1.29 is 22.7 Å². The Bertz CT molecular complexity index is 646. The number of nitrogens with one attached hydrogen (secondary N) is 1. The van der Waals surface area contributed by atoms with Crippen molar-refractivity contribution in [3.63, 3.8) is 0 Å². The first-order valence-electron chi connectivity index (χ1n) is 7.80. The van der Waals surface area contributed by atoms with E-state index in [4.69, 9.17) is 9.47 Å². The van der Waals surface area contributed by atoms with Crippen molar-refractivity contribution in [1.82, 2.24) is 5.32 Å². The predicted octanol–water partition coefficient (Wildman–Crippen LogP) is 1.78. The van der Waals surface area contributed by atoms with E-state index in [0.29, 0.717) is 23.7 Å². The molecule has 1 amide bonds. The number of methoxy groups -OCH3 is 2. The van der Waals surface area contributed by atoms with E-state index in [9.17, 15) is 13.2 Å². The van der Waals surface area contributed by atoms with Gasteiger partial charge in [0.05, 0.1) is 26.2 Å². The van der Waals surface area contributed by atoms with Gasteiger partial charge < -0.3 is 14.8 Å². The maximum atomic E-state index is 12.1. The average Bonchev–Trinajstić information content (AvgIpc) is 2.54. The highest BCUT2D eigenvalue weighted by Crippen LogP contribution is 2.33. The summed E-state index contributed by atoms with van der Waals surface area (Å²) in [5, 5.41) is 2.78. The van der Waals surface area contributed by atoms with E-state index in [2.05, 4.69) is 5.32 Å². The maximum absolute atomic E-state index is 12.1. The van der Waals surface area contributed by atoms with Crippen molar-refractivity contribution in [3.05, 3.63) is 18.2 Å². The zero-order valence-corrected chi connectivity index (χ0v) is 15.5. The third-order valence-corrected chi connectivity index (χ3v) is 4.63. The number of anilines is 1. The van der Waals surface area contributed by atoms with Crippen LogP contribution in [0.25, 0.3) is 0 Å². The maximum Gasteiger partial charge on any atom is 0.232 e. The van der Waals surface area contributed by atoms with Crippen LogP contribution in [-0.4, -0.2) is 47.9 Å². The van der Waals surface area contributed by atoms with Crippen LogP contribution in [0.15, 0.2) is 18.2 Å². The topological polar surface area (TPSA) is 84.9 Å². The Kier molecular flexibility index (Phi) is 7.84. The molecule has 0 aliphatic carbocycles. The molecule has 0 heterocycles. The van der Waals surface area contributed by atoms with Crippen LogP contribution in [0.1, 0.15) is 26.2 Å². The molecule has 0 spiro atoms. The number of hydrogen-bond acceptors (Lipinski definition) is 5. The lowest BCUT2D eigenvalue weighted by Gasteiger charge is -2.24. The Balaban J connectivity index is 2.93. The number of benzene rings is 1. The van der Waals surface area contributed by atoms with E-state index in [1.807, 2.05) is 6.92 Å². The molecule has 0 aliphatic heterocycles. The highest BCUT2D eigenvalue weighted by Gasteiger charge is 2.22. The van der Waals surface area contributed by atoms with Gasteiger partial charge in [0.15, 0.2) is 0 Å². The molecule has 136 valence electrons. The lowest BCUT2D eigenvalue weighted by atomic mass is 10.2. The summed E-state index contributed by atoms with van der Waals surface area (Å²) in [6, 6.07) is 4.86. The standard InChI is InChI=1S/C16H26N2O5S/c1-5-6-10-17-16(19)9-11-18(24(4,20)21)14-8-7-13(22-2)12-15(14)23-3/h7-8,12H,5-6,9-11H2,1-4H3,(H,17,19). The number of hydrogen-bond donors (Lipinski definition) is 1. The van der Waals surface area contributed by atoms with Crippen molar-refractivity contribution in [3.8, 4) is 11.5 Å². The minimum absolute atomic E-state index is 0.0412. The number of unbranched alkanes of at least 4 members (excludes halogenated alkanes) is 1. The van der Waals surface area contributed by atoms with Crippen LogP contribution in [0.3, 0.4) is 0 Å². The van der Waals surface area contributed by atoms with Crippen LogP contribution in [0.4, 0.5) is 5.69 Å². The van der Waals surface area contributed by atoms with Crippen molar-refractivity contribution in [2.24, 2.45) is 0 Å². The van der Waals surface area contributed by atoms with Gasteiger partial charge >= 0.3 is 0 Å².